The van der Waals surface area contributed by atoms with Crippen molar-refractivity contribution in [1.29, 1.82) is 0 Å². The van der Waals surface area contributed by atoms with E-state index in [2.05, 4.69) is 15.5 Å². The molecule has 0 bridgehead atoms. The summed E-state index contributed by atoms with van der Waals surface area (Å²) >= 11 is 0. The summed E-state index contributed by atoms with van der Waals surface area (Å²) in [6, 6.07) is 8.23. The number of carbonyl (C=O) groups is 2. The van der Waals surface area contributed by atoms with Crippen LogP contribution >= 0.6 is 0 Å². The van der Waals surface area contributed by atoms with Gasteiger partial charge < -0.3 is 15.5 Å². The second-order valence-corrected chi connectivity index (χ2v) is 8.65. The van der Waals surface area contributed by atoms with E-state index in [1.807, 2.05) is 17.0 Å². The number of likely N-dealkylation sites (tertiary alicyclic amines) is 1. The normalized spacial score (nSPS) is 29.9. The Labute approximate surface area is 160 Å². The monoisotopic (exact) mass is 368 g/mol. The Morgan fingerprint density at radius 1 is 1.04 bits per heavy atom. The molecule has 0 aromatic heterocycles. The zero-order valence-electron chi connectivity index (χ0n) is 15.7. The number of urea groups is 1. The van der Waals surface area contributed by atoms with Gasteiger partial charge in [0.15, 0.2) is 0 Å². The van der Waals surface area contributed by atoms with Gasteiger partial charge in [-0.25, -0.2) is 4.79 Å². The van der Waals surface area contributed by atoms with Crippen LogP contribution in [0.2, 0.25) is 0 Å². The third-order valence-electron chi connectivity index (χ3n) is 6.69. The third-order valence-corrected chi connectivity index (χ3v) is 6.69. The van der Waals surface area contributed by atoms with Crippen molar-refractivity contribution in [3.8, 4) is 0 Å². The Morgan fingerprint density at radius 3 is 2.78 bits per heavy atom. The molecule has 1 aromatic rings. The number of hydrogen-bond donors (Lipinski definition) is 2. The maximum Gasteiger partial charge on any atom is 0.321 e. The standard InChI is InChI=1S/C21H28N4O2/c26-20(22-16-7-8-16)14-4-3-5-17(10-14)23-21(27)25-12-15-11-24-9-2-1-6-19(24)18(15)13-25/h3-5,10,15-16,18-19H,1-2,6-9,11-13H2,(H,22,26)(H,23,27)/t15-,18-,19+/m0/s1. The molecule has 4 fully saturated rings. The number of piperidine rings is 1. The molecule has 0 radical (unpaired) electrons. The van der Waals surface area contributed by atoms with Gasteiger partial charge in [-0.3, -0.25) is 9.69 Å². The van der Waals surface area contributed by atoms with Gasteiger partial charge >= 0.3 is 6.03 Å². The quantitative estimate of drug-likeness (QED) is 0.862. The second kappa shape index (κ2) is 6.82. The zero-order valence-corrected chi connectivity index (χ0v) is 15.7. The van der Waals surface area contributed by atoms with Crippen LogP contribution in [-0.4, -0.2) is 60.0 Å². The molecule has 0 spiro atoms. The molecular formula is C21H28N4O2. The van der Waals surface area contributed by atoms with Crippen molar-refractivity contribution in [1.82, 2.24) is 15.1 Å². The van der Waals surface area contributed by atoms with Crippen molar-refractivity contribution in [2.45, 2.75) is 44.2 Å². The van der Waals surface area contributed by atoms with Gasteiger partial charge in [-0.2, -0.15) is 0 Å². The molecule has 5 rings (SSSR count). The molecule has 4 aliphatic rings. The molecule has 3 heterocycles. The zero-order chi connectivity index (χ0) is 18.4. The topological polar surface area (TPSA) is 64.7 Å². The molecule has 3 amide bonds. The van der Waals surface area contributed by atoms with Crippen LogP contribution < -0.4 is 10.6 Å². The van der Waals surface area contributed by atoms with Crippen LogP contribution in [0.25, 0.3) is 0 Å². The average molecular weight is 368 g/mol. The van der Waals surface area contributed by atoms with Gasteiger partial charge in [0.1, 0.15) is 0 Å². The van der Waals surface area contributed by atoms with Crippen LogP contribution in [0, 0.1) is 11.8 Å². The molecule has 6 nitrogen and oxygen atoms in total. The molecule has 3 aliphatic heterocycles. The van der Waals surface area contributed by atoms with E-state index in [4.69, 9.17) is 0 Å². The molecule has 6 heteroatoms. The van der Waals surface area contributed by atoms with Crippen LogP contribution in [0.5, 0.6) is 0 Å². The van der Waals surface area contributed by atoms with Gasteiger partial charge in [0, 0.05) is 43.0 Å². The number of fused-ring (bicyclic) bond motifs is 3. The number of hydrogen-bond acceptors (Lipinski definition) is 3. The number of anilines is 1. The second-order valence-electron chi connectivity index (χ2n) is 8.65. The lowest BCUT2D eigenvalue weighted by Crippen LogP contribution is -2.41. The van der Waals surface area contributed by atoms with E-state index in [0.29, 0.717) is 35.2 Å². The number of nitrogens with zero attached hydrogens (tertiary/aromatic N) is 2. The smallest absolute Gasteiger partial charge is 0.321 e. The van der Waals surface area contributed by atoms with Crippen molar-refractivity contribution in [2.75, 3.05) is 31.5 Å². The van der Waals surface area contributed by atoms with Crippen LogP contribution in [0.4, 0.5) is 10.5 Å². The van der Waals surface area contributed by atoms with Crippen molar-refractivity contribution >= 4 is 17.6 Å². The lowest BCUT2D eigenvalue weighted by Gasteiger charge is -2.33. The summed E-state index contributed by atoms with van der Waals surface area (Å²) in [7, 11) is 0. The first kappa shape index (κ1) is 17.0. The summed E-state index contributed by atoms with van der Waals surface area (Å²) in [6.07, 6.45) is 6.07. The average Bonchev–Trinajstić information content (AvgIpc) is 3.27. The molecule has 27 heavy (non-hydrogen) atoms. The van der Waals surface area contributed by atoms with Gasteiger partial charge in [-0.05, 0) is 62.3 Å². The number of benzene rings is 1. The number of carbonyl (C=O) groups excluding carboxylic acids is 2. The predicted octanol–water partition coefficient (Wildman–Crippen LogP) is 2.53. The van der Waals surface area contributed by atoms with Crippen LogP contribution in [0.1, 0.15) is 42.5 Å². The SMILES string of the molecule is O=C(NC1CC1)c1cccc(NC(=O)N2C[C@@H]3CN4CCCC[C@@H]4[C@H]3C2)c1. The highest BCUT2D eigenvalue weighted by atomic mass is 16.2. The first-order chi connectivity index (χ1) is 13.2. The molecule has 1 aliphatic carbocycles. The van der Waals surface area contributed by atoms with Crippen LogP contribution in [0.15, 0.2) is 24.3 Å². The van der Waals surface area contributed by atoms with Crippen molar-refractivity contribution in [2.24, 2.45) is 11.8 Å². The molecule has 3 saturated heterocycles. The van der Waals surface area contributed by atoms with Gasteiger partial charge in [0.25, 0.3) is 5.91 Å². The van der Waals surface area contributed by atoms with E-state index < -0.39 is 0 Å². The molecule has 1 saturated carbocycles. The summed E-state index contributed by atoms with van der Waals surface area (Å²) in [5, 5.41) is 6.00. The fourth-order valence-corrected chi connectivity index (χ4v) is 5.16. The maximum atomic E-state index is 12.8. The molecular weight excluding hydrogens is 340 g/mol. The van der Waals surface area contributed by atoms with E-state index in [0.717, 1.165) is 32.5 Å². The Balaban J connectivity index is 1.21. The minimum absolute atomic E-state index is 0.0356. The van der Waals surface area contributed by atoms with Crippen molar-refractivity contribution < 1.29 is 9.59 Å². The first-order valence-corrected chi connectivity index (χ1v) is 10.4. The maximum absolute atomic E-state index is 12.8. The largest absolute Gasteiger partial charge is 0.349 e. The van der Waals surface area contributed by atoms with E-state index >= 15 is 0 Å². The minimum Gasteiger partial charge on any atom is -0.349 e. The molecule has 3 atom stereocenters. The van der Waals surface area contributed by atoms with E-state index in [1.54, 1.807) is 12.1 Å². The molecule has 2 N–H and O–H groups in total. The van der Waals surface area contributed by atoms with E-state index in [1.165, 1.54) is 25.8 Å². The lowest BCUT2D eigenvalue weighted by molar-refractivity contribution is 0.0951. The lowest BCUT2D eigenvalue weighted by atomic mass is 9.90. The first-order valence-electron chi connectivity index (χ1n) is 10.4. The van der Waals surface area contributed by atoms with Gasteiger partial charge in [-0.15, -0.1) is 0 Å². The van der Waals surface area contributed by atoms with Gasteiger partial charge in [0.2, 0.25) is 0 Å². The number of rotatable bonds is 3. The molecule has 0 unspecified atom stereocenters. The number of amides is 3. The van der Waals surface area contributed by atoms with Gasteiger partial charge in [0.05, 0.1) is 0 Å². The highest BCUT2D eigenvalue weighted by Gasteiger charge is 2.48. The molecule has 144 valence electrons. The minimum atomic E-state index is -0.0540. The summed E-state index contributed by atoms with van der Waals surface area (Å²) in [4.78, 5) is 29.6. The van der Waals surface area contributed by atoms with Crippen molar-refractivity contribution in [3.05, 3.63) is 29.8 Å². The highest BCUT2D eigenvalue weighted by molar-refractivity contribution is 5.97. The fourth-order valence-electron chi connectivity index (χ4n) is 5.16. The van der Waals surface area contributed by atoms with Crippen LogP contribution in [0.3, 0.4) is 0 Å². The van der Waals surface area contributed by atoms with Gasteiger partial charge in [-0.1, -0.05) is 12.5 Å². The van der Waals surface area contributed by atoms with E-state index in [-0.39, 0.29) is 11.9 Å². The Bertz CT molecular complexity index is 747. The Hall–Kier alpha value is -2.08. The molecule has 1 aromatic carbocycles. The Kier molecular flexibility index (Phi) is 4.31. The van der Waals surface area contributed by atoms with Crippen LogP contribution in [-0.2, 0) is 0 Å². The highest BCUT2D eigenvalue weighted by Crippen LogP contribution is 2.40. The fraction of sp³-hybridized carbons (Fsp3) is 0.619. The summed E-state index contributed by atoms with van der Waals surface area (Å²) in [6.45, 7) is 4.10. The number of nitrogens with one attached hydrogen (secondary N) is 2. The predicted molar refractivity (Wildman–Crippen MR) is 104 cm³/mol. The summed E-state index contributed by atoms with van der Waals surface area (Å²) in [5.74, 6) is 1.20. The van der Waals surface area contributed by atoms with Crippen molar-refractivity contribution in [3.63, 3.8) is 0 Å². The summed E-state index contributed by atoms with van der Waals surface area (Å²) in [5.41, 5.74) is 1.30. The van der Waals surface area contributed by atoms with E-state index in [9.17, 15) is 9.59 Å². The Morgan fingerprint density at radius 2 is 1.93 bits per heavy atom. The summed E-state index contributed by atoms with van der Waals surface area (Å²) < 4.78 is 0. The third kappa shape index (κ3) is 3.43.